The van der Waals surface area contributed by atoms with E-state index in [-0.39, 0.29) is 6.61 Å². The lowest BCUT2D eigenvalue weighted by Crippen LogP contribution is -2.69. The van der Waals surface area contributed by atoms with Crippen molar-refractivity contribution in [1.82, 2.24) is 0 Å². The third kappa shape index (κ3) is 9.84. The Bertz CT molecular complexity index is 1280. The molecule has 58 heavy (non-hydrogen) atoms. The smallest absolute Gasteiger partial charge is 0.187 e. The molecule has 0 spiro atoms. The summed E-state index contributed by atoms with van der Waals surface area (Å²) in [6.45, 7) is 1.29. The molecule has 0 aromatic heterocycles. The van der Waals surface area contributed by atoms with E-state index in [0.717, 1.165) is 0 Å². The zero-order chi connectivity index (χ0) is 42.7. The van der Waals surface area contributed by atoms with Crippen molar-refractivity contribution in [3.8, 4) is 0 Å². The molecule has 5 fully saturated rings. The van der Waals surface area contributed by atoms with Gasteiger partial charge in [0.2, 0.25) is 0 Å². The largest absolute Gasteiger partial charge is 0.394 e. The molecule has 5 aliphatic rings. The number of hydrogen-bond donors (Lipinski definition) is 15. The Hall–Kier alpha value is -1.26. The second-order valence-electron chi connectivity index (χ2n) is 14.6. The molecule has 0 amide bonds. The SMILES string of the molecule is C=CCO[C@@H]1OC(CO)[C@H](O[C@@H]2OC(CO)[C@H](O)C(OC3OC(CO)[C@H](O)C(O[C@@H]4OC(CO)[C@H](O)C(O)C4O[C@@H]4OC(C)[C@H](O)C(O)C4O)C3N)C2O)C(O)C1O. The van der Waals surface area contributed by atoms with Crippen LogP contribution in [0.4, 0.5) is 0 Å². The minimum absolute atomic E-state index is 0.0882. The van der Waals surface area contributed by atoms with E-state index in [9.17, 15) is 71.5 Å². The summed E-state index contributed by atoms with van der Waals surface area (Å²) in [7, 11) is 0. The monoisotopic (exact) mass is 851 g/mol. The maximum absolute atomic E-state index is 11.4. The van der Waals surface area contributed by atoms with Crippen molar-refractivity contribution in [2.75, 3.05) is 33.0 Å². The first-order valence-corrected chi connectivity index (χ1v) is 18.6. The number of hydrogen-bond acceptors (Lipinski definition) is 25. The summed E-state index contributed by atoms with van der Waals surface area (Å²) >= 11 is 0. The summed E-state index contributed by atoms with van der Waals surface area (Å²) < 4.78 is 56.5. The lowest BCUT2D eigenvalue weighted by atomic mass is 9.94. The number of rotatable bonds is 15. The summed E-state index contributed by atoms with van der Waals surface area (Å²) in [4.78, 5) is 0. The van der Waals surface area contributed by atoms with Gasteiger partial charge in [-0.25, -0.2) is 0 Å². The minimum atomic E-state index is -2.02. The van der Waals surface area contributed by atoms with Crippen LogP contribution >= 0.6 is 0 Å². The van der Waals surface area contributed by atoms with E-state index >= 15 is 0 Å². The second-order valence-corrected chi connectivity index (χ2v) is 14.6. The molecule has 16 N–H and O–H groups in total. The molecule has 5 rings (SSSR count). The normalized spacial score (nSPS) is 51.7. The first-order chi connectivity index (χ1) is 27.5. The molecular weight excluding hydrogens is 794 g/mol. The van der Waals surface area contributed by atoms with Crippen LogP contribution in [-0.2, 0) is 47.4 Å². The van der Waals surface area contributed by atoms with Crippen LogP contribution in [0.2, 0.25) is 0 Å². The number of nitrogens with two attached hydrogens (primary N) is 1. The molecule has 338 valence electrons. The highest BCUT2D eigenvalue weighted by atomic mass is 16.8. The Balaban J connectivity index is 1.36. The van der Waals surface area contributed by atoms with Crippen molar-refractivity contribution in [1.29, 1.82) is 0 Å². The second kappa shape index (κ2) is 20.7. The van der Waals surface area contributed by atoms with Crippen molar-refractivity contribution in [3.63, 3.8) is 0 Å². The van der Waals surface area contributed by atoms with E-state index in [2.05, 4.69) is 6.58 Å². The Kier molecular flexibility index (Phi) is 17.1. The first-order valence-electron chi connectivity index (χ1n) is 18.6. The van der Waals surface area contributed by atoms with Gasteiger partial charge < -0.3 is 125 Å². The van der Waals surface area contributed by atoms with Gasteiger partial charge in [0.1, 0.15) is 110 Å². The Morgan fingerprint density at radius 2 is 0.897 bits per heavy atom. The van der Waals surface area contributed by atoms with Crippen LogP contribution in [0.3, 0.4) is 0 Å². The number of aliphatic hydroxyl groups is 14. The molecule has 25 nitrogen and oxygen atoms in total. The van der Waals surface area contributed by atoms with Gasteiger partial charge in [-0.3, -0.25) is 0 Å². The van der Waals surface area contributed by atoms with Crippen LogP contribution in [-0.4, -0.2) is 258 Å². The summed E-state index contributed by atoms with van der Waals surface area (Å²) in [5.41, 5.74) is 6.46. The van der Waals surface area contributed by atoms with Crippen LogP contribution in [0.5, 0.6) is 0 Å². The van der Waals surface area contributed by atoms with Gasteiger partial charge >= 0.3 is 0 Å². The van der Waals surface area contributed by atoms with Gasteiger partial charge in [-0.15, -0.1) is 6.58 Å². The van der Waals surface area contributed by atoms with Crippen LogP contribution in [0.1, 0.15) is 6.92 Å². The summed E-state index contributed by atoms with van der Waals surface area (Å²) in [6.07, 6.45) is -39.7. The molecule has 25 atom stereocenters. The highest BCUT2D eigenvalue weighted by Crippen LogP contribution is 2.35. The Morgan fingerprint density at radius 3 is 1.50 bits per heavy atom. The average Bonchev–Trinajstić information content (AvgIpc) is 3.21. The lowest BCUT2D eigenvalue weighted by Gasteiger charge is -2.50. The Morgan fingerprint density at radius 1 is 0.448 bits per heavy atom. The third-order valence-electron chi connectivity index (χ3n) is 10.7. The van der Waals surface area contributed by atoms with Crippen molar-refractivity contribution >= 4 is 0 Å². The minimum Gasteiger partial charge on any atom is -0.394 e. The van der Waals surface area contributed by atoms with Gasteiger partial charge in [-0.1, -0.05) is 6.08 Å². The first kappa shape index (κ1) is 47.8. The maximum atomic E-state index is 11.4. The van der Waals surface area contributed by atoms with Crippen molar-refractivity contribution in [2.45, 2.75) is 160 Å². The quantitative estimate of drug-likeness (QED) is 0.0680. The molecule has 0 radical (unpaired) electrons. The molecule has 5 aliphatic heterocycles. The zero-order valence-electron chi connectivity index (χ0n) is 31.2. The molecule has 0 aromatic carbocycles. The van der Waals surface area contributed by atoms with E-state index in [1.807, 2.05) is 0 Å². The van der Waals surface area contributed by atoms with Crippen molar-refractivity contribution in [2.24, 2.45) is 5.73 Å². The predicted octanol–water partition coefficient (Wildman–Crippen LogP) is -9.72. The molecular formula is C33H57NO24. The average molecular weight is 852 g/mol. The summed E-state index contributed by atoms with van der Waals surface area (Å²) in [6, 6.07) is -1.66. The fraction of sp³-hybridized carbons (Fsp3) is 0.939. The van der Waals surface area contributed by atoms with Gasteiger partial charge in [0.15, 0.2) is 31.5 Å². The van der Waals surface area contributed by atoms with Gasteiger partial charge in [0, 0.05) is 0 Å². The molecule has 25 heteroatoms. The maximum Gasteiger partial charge on any atom is 0.187 e. The van der Waals surface area contributed by atoms with Crippen LogP contribution < -0.4 is 5.73 Å². The molecule has 5 saturated heterocycles. The van der Waals surface area contributed by atoms with Crippen LogP contribution in [0, 0.1) is 0 Å². The molecule has 0 bridgehead atoms. The van der Waals surface area contributed by atoms with E-state index in [1.165, 1.54) is 13.0 Å². The van der Waals surface area contributed by atoms with Crippen molar-refractivity contribution in [3.05, 3.63) is 12.7 Å². The summed E-state index contributed by atoms with van der Waals surface area (Å²) in [5.74, 6) is 0. The predicted molar refractivity (Wildman–Crippen MR) is 181 cm³/mol. The third-order valence-corrected chi connectivity index (χ3v) is 10.7. The van der Waals surface area contributed by atoms with Gasteiger partial charge in [-0.2, -0.15) is 0 Å². The van der Waals surface area contributed by atoms with Crippen molar-refractivity contribution < 1.29 is 119 Å². The summed E-state index contributed by atoms with van der Waals surface area (Å²) in [5, 5.41) is 148. The Labute approximate surface area is 330 Å². The molecule has 16 unspecified atom stereocenters. The van der Waals surface area contributed by atoms with Crippen LogP contribution in [0.15, 0.2) is 12.7 Å². The zero-order valence-corrected chi connectivity index (χ0v) is 31.2. The van der Waals surface area contributed by atoms with Gasteiger partial charge in [0.25, 0.3) is 0 Å². The molecule has 0 aliphatic carbocycles. The molecule has 0 saturated carbocycles. The fourth-order valence-corrected chi connectivity index (χ4v) is 7.29. The van der Waals surface area contributed by atoms with E-state index < -0.39 is 180 Å². The molecule has 5 heterocycles. The van der Waals surface area contributed by atoms with E-state index in [0.29, 0.717) is 0 Å². The topological polar surface area (TPSA) is 402 Å². The number of aliphatic hydroxyl groups excluding tert-OH is 14. The highest BCUT2D eigenvalue weighted by molar-refractivity contribution is 5.00. The number of ether oxygens (including phenoxy) is 10. The standard InChI is InChI=1S/C33H57NO24/c1-3-4-49-30-23(47)21(45)25(13(8-38)54-30)55-32-24(48)27(18(42)12(7-37)52-32)57-29-14(34)26(17(41)11(6-36)51-29)56-33-28(20(44)16(40)10(5-35)53-33)58-31-22(46)19(43)15(39)9(2)50-31/h3,9-33,35-48H,1,4-8,34H2,2H3/t9?,10?,11?,12?,13?,14?,15-,16-,17-,18-,19?,20?,21?,22?,23?,24?,25-,26?,27?,28?,29?,30+,31-,32-,33-/m0/s1. The molecule has 0 aromatic rings. The van der Waals surface area contributed by atoms with Gasteiger partial charge in [0.05, 0.1) is 45.2 Å². The fourth-order valence-electron chi connectivity index (χ4n) is 7.29. The van der Waals surface area contributed by atoms with E-state index in [1.54, 1.807) is 0 Å². The van der Waals surface area contributed by atoms with Crippen LogP contribution in [0.25, 0.3) is 0 Å². The highest BCUT2D eigenvalue weighted by Gasteiger charge is 2.56. The van der Waals surface area contributed by atoms with Gasteiger partial charge in [-0.05, 0) is 6.92 Å². The lowest BCUT2D eigenvalue weighted by molar-refractivity contribution is -0.389. The van der Waals surface area contributed by atoms with E-state index in [4.69, 9.17) is 53.1 Å².